The van der Waals surface area contributed by atoms with Crippen molar-refractivity contribution in [1.82, 2.24) is 23.5 Å². The number of likely N-dealkylation sites (tertiary alicyclic amines) is 1. The van der Waals surface area contributed by atoms with E-state index in [1.165, 1.54) is 0 Å². The van der Waals surface area contributed by atoms with Gasteiger partial charge in [0.05, 0.1) is 6.33 Å². The molecule has 1 amide bonds. The van der Waals surface area contributed by atoms with Crippen LogP contribution in [0, 0.1) is 5.41 Å². The van der Waals surface area contributed by atoms with Gasteiger partial charge in [-0.05, 0) is 37.5 Å². The third kappa shape index (κ3) is 3.90. The highest BCUT2D eigenvalue weighted by atomic mass is 32.2. The van der Waals surface area contributed by atoms with Crippen molar-refractivity contribution >= 4 is 16.1 Å². The number of rotatable bonds is 5. The van der Waals surface area contributed by atoms with Gasteiger partial charge < -0.3 is 9.88 Å². The molecule has 0 atom stereocenters. The van der Waals surface area contributed by atoms with Crippen LogP contribution in [0.2, 0.25) is 0 Å². The van der Waals surface area contributed by atoms with Crippen LogP contribution in [-0.2, 0) is 21.4 Å². The molecule has 0 aliphatic carbocycles. The number of nitrogens with one attached hydrogen (secondary N) is 1. The lowest BCUT2D eigenvalue weighted by Crippen LogP contribution is -2.54. The van der Waals surface area contributed by atoms with Gasteiger partial charge in [0.2, 0.25) is 5.91 Å². The Labute approximate surface area is 161 Å². The van der Waals surface area contributed by atoms with Crippen molar-refractivity contribution in [3.63, 3.8) is 0 Å². The molecule has 0 saturated carbocycles. The molecule has 9 heteroatoms. The van der Waals surface area contributed by atoms with Gasteiger partial charge in [-0.15, -0.1) is 0 Å². The molecule has 1 N–H and O–H groups in total. The van der Waals surface area contributed by atoms with E-state index in [1.54, 1.807) is 21.1 Å². The molecule has 27 heavy (non-hydrogen) atoms. The number of carbonyl (C=O) groups excluding carboxylic acids is 1. The SMILES string of the molecule is O=C1CCC2(CCN(S(=O)(=O)N3CCCC3)CC2)CN1CCc1cnc[nH]1. The van der Waals surface area contributed by atoms with Gasteiger partial charge >= 0.3 is 0 Å². The summed E-state index contributed by atoms with van der Waals surface area (Å²) in [4.78, 5) is 21.4. The highest BCUT2D eigenvalue weighted by Crippen LogP contribution is 2.41. The number of hydrogen-bond donors (Lipinski definition) is 1. The van der Waals surface area contributed by atoms with Crippen LogP contribution in [0.25, 0.3) is 0 Å². The molecule has 0 unspecified atom stereocenters. The van der Waals surface area contributed by atoms with Gasteiger partial charge in [0.1, 0.15) is 0 Å². The second-order valence-corrected chi connectivity index (χ2v) is 10.1. The molecule has 8 nitrogen and oxygen atoms in total. The van der Waals surface area contributed by atoms with Crippen LogP contribution >= 0.6 is 0 Å². The minimum absolute atomic E-state index is 0.0684. The van der Waals surface area contributed by atoms with Crippen molar-refractivity contribution in [2.45, 2.75) is 44.9 Å². The maximum atomic E-state index is 12.8. The maximum Gasteiger partial charge on any atom is 0.281 e. The zero-order valence-corrected chi connectivity index (χ0v) is 16.6. The molecule has 4 rings (SSSR count). The van der Waals surface area contributed by atoms with E-state index in [1.807, 2.05) is 4.90 Å². The van der Waals surface area contributed by atoms with Crippen molar-refractivity contribution in [1.29, 1.82) is 0 Å². The third-order valence-corrected chi connectivity index (χ3v) is 8.49. The summed E-state index contributed by atoms with van der Waals surface area (Å²) in [6.45, 7) is 3.89. The summed E-state index contributed by atoms with van der Waals surface area (Å²) in [6.07, 6.45) is 9.29. The maximum absolute atomic E-state index is 12.8. The first kappa shape index (κ1) is 18.9. The Morgan fingerprint density at radius 2 is 1.78 bits per heavy atom. The quantitative estimate of drug-likeness (QED) is 0.805. The van der Waals surface area contributed by atoms with Crippen molar-refractivity contribution in [2.75, 3.05) is 39.3 Å². The topological polar surface area (TPSA) is 89.6 Å². The number of aromatic amines is 1. The smallest absolute Gasteiger partial charge is 0.281 e. The van der Waals surface area contributed by atoms with Crippen molar-refractivity contribution in [3.05, 3.63) is 18.2 Å². The van der Waals surface area contributed by atoms with Crippen LogP contribution in [0.15, 0.2) is 12.5 Å². The van der Waals surface area contributed by atoms with Crippen molar-refractivity contribution in [2.24, 2.45) is 5.41 Å². The highest BCUT2D eigenvalue weighted by molar-refractivity contribution is 7.86. The Morgan fingerprint density at radius 1 is 1.07 bits per heavy atom. The minimum atomic E-state index is -3.31. The summed E-state index contributed by atoms with van der Waals surface area (Å²) < 4.78 is 28.9. The number of amides is 1. The van der Waals surface area contributed by atoms with Gasteiger partial charge in [0.25, 0.3) is 10.2 Å². The average Bonchev–Trinajstić information content (AvgIpc) is 3.37. The van der Waals surface area contributed by atoms with Crippen molar-refractivity contribution in [3.8, 4) is 0 Å². The van der Waals surface area contributed by atoms with E-state index in [4.69, 9.17) is 0 Å². The monoisotopic (exact) mass is 395 g/mol. The zero-order valence-electron chi connectivity index (χ0n) is 15.8. The predicted molar refractivity (Wildman–Crippen MR) is 101 cm³/mol. The summed E-state index contributed by atoms with van der Waals surface area (Å²) in [5.74, 6) is 0.215. The van der Waals surface area contributed by atoms with Crippen LogP contribution in [0.3, 0.4) is 0 Å². The van der Waals surface area contributed by atoms with E-state index in [0.29, 0.717) is 39.1 Å². The lowest BCUT2D eigenvalue weighted by Gasteiger charge is -2.47. The molecular formula is C18H29N5O3S. The molecule has 1 aromatic heterocycles. The predicted octanol–water partition coefficient (Wildman–Crippen LogP) is 0.997. The van der Waals surface area contributed by atoms with Crippen LogP contribution in [0.1, 0.15) is 44.2 Å². The van der Waals surface area contributed by atoms with Gasteiger partial charge in [-0.25, -0.2) is 4.98 Å². The first-order valence-corrected chi connectivity index (χ1v) is 11.4. The van der Waals surface area contributed by atoms with E-state index >= 15 is 0 Å². The molecule has 3 aliphatic rings. The number of carbonyl (C=O) groups is 1. The number of piperidine rings is 2. The third-order valence-electron chi connectivity index (χ3n) is 6.45. The Hall–Kier alpha value is -1.45. The molecule has 3 fully saturated rings. The van der Waals surface area contributed by atoms with Crippen molar-refractivity contribution < 1.29 is 13.2 Å². The minimum Gasteiger partial charge on any atom is -0.348 e. The average molecular weight is 396 g/mol. The molecule has 0 bridgehead atoms. The van der Waals surface area contributed by atoms with Gasteiger partial charge in [0, 0.05) is 64.0 Å². The Morgan fingerprint density at radius 3 is 2.44 bits per heavy atom. The first-order valence-electron chi connectivity index (χ1n) is 9.99. The molecule has 4 heterocycles. The molecule has 1 spiro atoms. The first-order chi connectivity index (χ1) is 13.0. The number of imidazole rings is 1. The van der Waals surface area contributed by atoms with Gasteiger partial charge in [0.15, 0.2) is 0 Å². The van der Waals surface area contributed by atoms with E-state index in [9.17, 15) is 13.2 Å². The number of nitrogens with zero attached hydrogens (tertiary/aromatic N) is 4. The summed E-state index contributed by atoms with van der Waals surface area (Å²) in [6, 6.07) is 0. The largest absolute Gasteiger partial charge is 0.348 e. The molecule has 3 saturated heterocycles. The molecular weight excluding hydrogens is 366 g/mol. The Bertz CT molecular complexity index is 750. The van der Waals surface area contributed by atoms with Gasteiger partial charge in [-0.1, -0.05) is 0 Å². The van der Waals surface area contributed by atoms with Crippen LogP contribution < -0.4 is 0 Å². The van der Waals surface area contributed by atoms with Crippen LogP contribution in [0.5, 0.6) is 0 Å². The number of H-pyrrole nitrogens is 1. The lowest BCUT2D eigenvalue weighted by molar-refractivity contribution is -0.138. The van der Waals surface area contributed by atoms with Gasteiger partial charge in [-0.3, -0.25) is 4.79 Å². The second kappa shape index (κ2) is 7.52. The number of aromatic nitrogens is 2. The fourth-order valence-electron chi connectivity index (χ4n) is 4.66. The van der Waals surface area contributed by atoms with Crippen LogP contribution in [-0.4, -0.2) is 77.1 Å². The lowest BCUT2D eigenvalue weighted by atomic mass is 9.72. The van der Waals surface area contributed by atoms with Crippen LogP contribution in [0.4, 0.5) is 0 Å². The summed E-state index contributed by atoms with van der Waals surface area (Å²) in [5, 5.41) is 0. The summed E-state index contributed by atoms with van der Waals surface area (Å²) >= 11 is 0. The molecule has 150 valence electrons. The Kier molecular flexibility index (Phi) is 5.26. The summed E-state index contributed by atoms with van der Waals surface area (Å²) in [5.41, 5.74) is 1.10. The fourth-order valence-corrected chi connectivity index (χ4v) is 6.35. The summed E-state index contributed by atoms with van der Waals surface area (Å²) in [7, 11) is -3.31. The highest BCUT2D eigenvalue weighted by Gasteiger charge is 2.44. The molecule has 0 radical (unpaired) electrons. The van der Waals surface area contributed by atoms with E-state index in [-0.39, 0.29) is 11.3 Å². The standard InChI is InChI=1S/C18H29N5O3S/c24-17-3-5-18(14-21(17)10-4-16-13-19-15-20-16)6-11-23(12-7-18)27(25,26)22-8-1-2-9-22/h13,15H,1-12,14H2,(H,19,20). The molecule has 1 aromatic rings. The zero-order chi connectivity index (χ0) is 18.9. The second-order valence-electron chi connectivity index (χ2n) is 8.16. The Balaban J connectivity index is 1.36. The van der Waals surface area contributed by atoms with Gasteiger partial charge in [-0.2, -0.15) is 17.0 Å². The molecule has 3 aliphatic heterocycles. The van der Waals surface area contributed by atoms with E-state index in [0.717, 1.165) is 50.8 Å². The fraction of sp³-hybridized carbons (Fsp3) is 0.778. The molecule has 0 aromatic carbocycles. The van der Waals surface area contributed by atoms with E-state index < -0.39 is 10.2 Å². The normalized spacial score (nSPS) is 24.7. The van der Waals surface area contributed by atoms with E-state index in [2.05, 4.69) is 9.97 Å². The number of hydrogen-bond acceptors (Lipinski definition) is 4.